The first-order chi connectivity index (χ1) is 12.3. The Morgan fingerprint density at radius 2 is 1.96 bits per heavy atom. The molecule has 0 aliphatic carbocycles. The lowest BCUT2D eigenvalue weighted by atomic mass is 10.1. The van der Waals surface area contributed by atoms with Crippen LogP contribution in [-0.4, -0.2) is 47.5 Å². The van der Waals surface area contributed by atoms with E-state index in [1.54, 1.807) is 19.5 Å². The number of likely N-dealkylation sites (tertiary alicyclic amines) is 1. The van der Waals surface area contributed by atoms with E-state index in [0.29, 0.717) is 18.1 Å². The first-order valence-electron chi connectivity index (χ1n) is 8.75. The van der Waals surface area contributed by atoms with Crippen molar-refractivity contribution in [1.82, 2.24) is 14.9 Å². The number of nitrogens with one attached hydrogen (secondary N) is 1. The molecule has 1 N–H and O–H groups in total. The van der Waals surface area contributed by atoms with Gasteiger partial charge in [-0.25, -0.2) is 9.97 Å². The zero-order valence-electron chi connectivity index (χ0n) is 14.6. The molecule has 2 aromatic rings. The monoisotopic (exact) mass is 340 g/mol. The van der Waals surface area contributed by atoms with Gasteiger partial charge in [-0.3, -0.25) is 4.79 Å². The summed E-state index contributed by atoms with van der Waals surface area (Å²) in [5.41, 5.74) is 1.56. The van der Waals surface area contributed by atoms with Gasteiger partial charge in [-0.1, -0.05) is 18.2 Å². The van der Waals surface area contributed by atoms with Crippen molar-refractivity contribution in [2.24, 2.45) is 0 Å². The summed E-state index contributed by atoms with van der Waals surface area (Å²) in [6.45, 7) is 2.35. The first-order valence-corrected chi connectivity index (χ1v) is 8.75. The molecule has 1 amide bonds. The number of rotatable bonds is 6. The van der Waals surface area contributed by atoms with Gasteiger partial charge in [0.1, 0.15) is 17.3 Å². The van der Waals surface area contributed by atoms with Gasteiger partial charge in [0.25, 0.3) is 5.91 Å². The van der Waals surface area contributed by atoms with Crippen molar-refractivity contribution in [3.05, 3.63) is 47.9 Å². The molecule has 1 aromatic carbocycles. The summed E-state index contributed by atoms with van der Waals surface area (Å²) in [4.78, 5) is 22.8. The molecule has 6 heteroatoms. The fourth-order valence-corrected chi connectivity index (χ4v) is 3.02. The molecule has 0 spiro atoms. The lowest BCUT2D eigenvalue weighted by Gasteiger charge is -2.26. The number of ether oxygens (including phenoxy) is 1. The van der Waals surface area contributed by atoms with Gasteiger partial charge in [0, 0.05) is 19.6 Å². The lowest BCUT2D eigenvalue weighted by Crippen LogP contribution is -2.36. The molecule has 6 nitrogen and oxygen atoms in total. The Kier molecular flexibility index (Phi) is 5.82. The Morgan fingerprint density at radius 1 is 1.16 bits per heavy atom. The molecule has 1 fully saturated rings. The quantitative estimate of drug-likeness (QED) is 0.876. The van der Waals surface area contributed by atoms with E-state index >= 15 is 0 Å². The number of aromatic nitrogens is 2. The standard InChI is InChI=1S/C19H24N4O2/c1-25-17-8-4-3-7-15(17)9-10-20-18-14-21-16(13-22-18)19(24)23-11-5-2-6-12-23/h3-4,7-8,13-14H,2,5-6,9-12H2,1H3,(H,20,22). The van der Waals surface area contributed by atoms with Crippen molar-refractivity contribution in [1.29, 1.82) is 0 Å². The molecule has 25 heavy (non-hydrogen) atoms. The van der Waals surface area contributed by atoms with E-state index in [2.05, 4.69) is 15.3 Å². The molecule has 0 saturated carbocycles. The van der Waals surface area contributed by atoms with Gasteiger partial charge in [0.15, 0.2) is 0 Å². The maximum Gasteiger partial charge on any atom is 0.274 e. The Morgan fingerprint density at radius 3 is 2.68 bits per heavy atom. The zero-order chi connectivity index (χ0) is 17.5. The lowest BCUT2D eigenvalue weighted by molar-refractivity contribution is 0.0718. The van der Waals surface area contributed by atoms with Crippen LogP contribution in [0.2, 0.25) is 0 Å². The summed E-state index contributed by atoms with van der Waals surface area (Å²) in [5, 5.41) is 3.24. The molecule has 0 unspecified atom stereocenters. The Balaban J connectivity index is 1.53. The SMILES string of the molecule is COc1ccccc1CCNc1cnc(C(=O)N2CCCCC2)cn1. The maximum atomic E-state index is 12.4. The predicted octanol–water partition coefficient (Wildman–Crippen LogP) is 2.77. The second-order valence-corrected chi connectivity index (χ2v) is 6.13. The van der Waals surface area contributed by atoms with Crippen molar-refractivity contribution in [3.8, 4) is 5.75 Å². The normalized spacial score (nSPS) is 14.2. The third kappa shape index (κ3) is 4.47. The molecule has 132 valence electrons. The van der Waals surface area contributed by atoms with Crippen molar-refractivity contribution < 1.29 is 9.53 Å². The highest BCUT2D eigenvalue weighted by Gasteiger charge is 2.19. The van der Waals surface area contributed by atoms with Crippen LogP contribution >= 0.6 is 0 Å². The van der Waals surface area contributed by atoms with Crippen LogP contribution in [0.1, 0.15) is 35.3 Å². The van der Waals surface area contributed by atoms with Crippen molar-refractivity contribution in [2.45, 2.75) is 25.7 Å². The smallest absolute Gasteiger partial charge is 0.274 e. The van der Waals surface area contributed by atoms with E-state index in [1.165, 1.54) is 6.42 Å². The van der Waals surface area contributed by atoms with E-state index < -0.39 is 0 Å². The van der Waals surface area contributed by atoms with Crippen LogP contribution < -0.4 is 10.1 Å². The summed E-state index contributed by atoms with van der Waals surface area (Å²) < 4.78 is 5.35. The van der Waals surface area contributed by atoms with E-state index in [0.717, 1.165) is 43.7 Å². The highest BCUT2D eigenvalue weighted by atomic mass is 16.5. The van der Waals surface area contributed by atoms with Crippen molar-refractivity contribution in [3.63, 3.8) is 0 Å². The summed E-state index contributed by atoms with van der Waals surface area (Å²) in [6, 6.07) is 7.96. The van der Waals surface area contributed by atoms with Gasteiger partial charge in [0.2, 0.25) is 0 Å². The number of piperidine rings is 1. The summed E-state index contributed by atoms with van der Waals surface area (Å²) in [5.74, 6) is 1.54. The Hall–Kier alpha value is -2.63. The van der Waals surface area contributed by atoms with Crippen molar-refractivity contribution >= 4 is 11.7 Å². The minimum atomic E-state index is -0.0206. The third-order valence-electron chi connectivity index (χ3n) is 4.41. The number of amides is 1. The van der Waals surface area contributed by atoms with Crippen molar-refractivity contribution in [2.75, 3.05) is 32.1 Å². The average molecular weight is 340 g/mol. The van der Waals surface area contributed by atoms with Gasteiger partial charge < -0.3 is 15.0 Å². The molecule has 2 heterocycles. The van der Waals surface area contributed by atoms with Gasteiger partial charge in [-0.05, 0) is 37.3 Å². The summed E-state index contributed by atoms with van der Waals surface area (Å²) in [7, 11) is 1.68. The second kappa shape index (κ2) is 8.46. The number of para-hydroxylation sites is 1. The predicted molar refractivity (Wildman–Crippen MR) is 97.0 cm³/mol. The first kappa shape index (κ1) is 17.2. The number of carbonyl (C=O) groups is 1. The van der Waals surface area contributed by atoms with Gasteiger partial charge in [-0.2, -0.15) is 0 Å². The molecule has 0 atom stereocenters. The number of hydrogen-bond donors (Lipinski definition) is 1. The molecule has 0 radical (unpaired) electrons. The highest BCUT2D eigenvalue weighted by molar-refractivity contribution is 5.92. The molecular weight excluding hydrogens is 316 g/mol. The van der Waals surface area contributed by atoms with Gasteiger partial charge >= 0.3 is 0 Å². The molecule has 1 aliphatic heterocycles. The average Bonchev–Trinajstić information content (AvgIpc) is 2.69. The third-order valence-corrected chi connectivity index (χ3v) is 4.41. The minimum Gasteiger partial charge on any atom is -0.496 e. The Bertz CT molecular complexity index is 697. The van der Waals surface area contributed by atoms with Gasteiger partial charge in [-0.15, -0.1) is 0 Å². The van der Waals surface area contributed by atoms with E-state index in [1.807, 2.05) is 29.2 Å². The van der Waals surface area contributed by atoms with Crippen LogP contribution in [0.25, 0.3) is 0 Å². The fraction of sp³-hybridized carbons (Fsp3) is 0.421. The zero-order valence-corrected chi connectivity index (χ0v) is 14.6. The van der Waals surface area contributed by atoms with Crippen LogP contribution in [0, 0.1) is 0 Å². The van der Waals surface area contributed by atoms with Crippen LogP contribution in [0.3, 0.4) is 0 Å². The maximum absolute atomic E-state index is 12.4. The van der Waals surface area contributed by atoms with E-state index in [9.17, 15) is 4.79 Å². The topological polar surface area (TPSA) is 67.3 Å². The van der Waals surface area contributed by atoms with Crippen LogP contribution in [0.5, 0.6) is 5.75 Å². The highest BCUT2D eigenvalue weighted by Crippen LogP contribution is 2.18. The van der Waals surface area contributed by atoms with E-state index in [-0.39, 0.29) is 5.91 Å². The molecule has 1 aromatic heterocycles. The molecule has 1 aliphatic rings. The number of carbonyl (C=O) groups excluding carboxylic acids is 1. The minimum absolute atomic E-state index is 0.0206. The Labute approximate surface area is 148 Å². The molecule has 1 saturated heterocycles. The number of anilines is 1. The van der Waals surface area contributed by atoms with Crippen LogP contribution in [0.15, 0.2) is 36.7 Å². The number of nitrogens with zero attached hydrogens (tertiary/aromatic N) is 3. The second-order valence-electron chi connectivity index (χ2n) is 6.13. The number of benzene rings is 1. The number of methoxy groups -OCH3 is 1. The summed E-state index contributed by atoms with van der Waals surface area (Å²) in [6.07, 6.45) is 7.34. The van der Waals surface area contributed by atoms with Crippen LogP contribution in [-0.2, 0) is 6.42 Å². The molecule has 3 rings (SSSR count). The number of hydrogen-bond acceptors (Lipinski definition) is 5. The van der Waals surface area contributed by atoms with Crippen LogP contribution in [0.4, 0.5) is 5.82 Å². The fourth-order valence-electron chi connectivity index (χ4n) is 3.02. The molecular formula is C19H24N4O2. The van der Waals surface area contributed by atoms with E-state index in [4.69, 9.17) is 4.74 Å². The largest absolute Gasteiger partial charge is 0.496 e. The summed E-state index contributed by atoms with van der Waals surface area (Å²) >= 11 is 0. The van der Waals surface area contributed by atoms with Gasteiger partial charge in [0.05, 0.1) is 19.5 Å². The molecule has 0 bridgehead atoms.